The Balaban J connectivity index is 0.000000667. The topological polar surface area (TPSA) is 164 Å². The van der Waals surface area contributed by atoms with Crippen LogP contribution < -0.4 is 5.32 Å². The molecule has 0 amide bonds. The molecule has 0 radical (unpaired) electrons. The molecule has 1 unspecified atom stereocenters. The number of carboxylic acids is 2. The Kier molecular flexibility index (Phi) is 18.9. The molecule has 0 heterocycles. The number of hydrogen-bond acceptors (Lipinski definition) is 6. The second-order valence-electron chi connectivity index (χ2n) is 12.8. The fourth-order valence-corrected chi connectivity index (χ4v) is 7.14. The summed E-state index contributed by atoms with van der Waals surface area (Å²) in [6.07, 6.45) is 10.5. The summed E-state index contributed by atoms with van der Waals surface area (Å²) in [7, 11) is -5.50. The average Bonchev–Trinajstić information content (AvgIpc) is 2.86. The summed E-state index contributed by atoms with van der Waals surface area (Å²) in [6.45, 7) is 15.7. The van der Waals surface area contributed by atoms with Gasteiger partial charge in [-0.05, 0) is 104 Å². The molecule has 0 aromatic heterocycles. The van der Waals surface area contributed by atoms with E-state index in [9.17, 15) is 28.7 Å². The van der Waals surface area contributed by atoms with Crippen LogP contribution in [-0.2, 0) is 16.3 Å². The number of benzene rings is 1. The van der Waals surface area contributed by atoms with Crippen LogP contribution in [0.25, 0.3) is 0 Å². The van der Waals surface area contributed by atoms with E-state index in [-0.39, 0.29) is 17.0 Å². The van der Waals surface area contributed by atoms with Crippen LogP contribution in [0, 0.1) is 23.7 Å². The summed E-state index contributed by atoms with van der Waals surface area (Å²) in [6, 6.07) is 2.80. The molecule has 250 valence electrons. The van der Waals surface area contributed by atoms with Gasteiger partial charge in [0.1, 0.15) is 7.34 Å². The highest BCUT2D eigenvalue weighted by Crippen LogP contribution is 2.42. The van der Waals surface area contributed by atoms with Crippen LogP contribution in [0.15, 0.2) is 12.1 Å². The molecule has 6 N–H and O–H groups in total. The number of hydrogen-bond donors (Lipinski definition) is 6. The zero-order valence-electron chi connectivity index (χ0n) is 27.3. The van der Waals surface area contributed by atoms with Gasteiger partial charge < -0.3 is 29.9 Å². The van der Waals surface area contributed by atoms with Crippen molar-refractivity contribution in [3.63, 3.8) is 0 Å². The van der Waals surface area contributed by atoms with Crippen molar-refractivity contribution in [3.05, 3.63) is 34.4 Å². The molecular weight excluding hydrogens is 589 g/mol. The lowest BCUT2D eigenvalue weighted by molar-refractivity contribution is 0.0694. The first-order chi connectivity index (χ1) is 19.7. The average molecular weight is 648 g/mol. The van der Waals surface area contributed by atoms with Gasteiger partial charge in [0.25, 0.3) is 0 Å². The largest absolute Gasteiger partial charge is 0.478 e. The van der Waals surface area contributed by atoms with Gasteiger partial charge >= 0.3 is 11.9 Å². The summed E-state index contributed by atoms with van der Waals surface area (Å²) in [4.78, 5) is 41.1. The Morgan fingerprint density at radius 1 is 1.02 bits per heavy atom. The summed E-state index contributed by atoms with van der Waals surface area (Å²) in [5, 5.41) is 21.6. The zero-order valence-corrected chi connectivity index (χ0v) is 29.1. The maximum atomic E-state index is 11.4. The molecule has 0 saturated heterocycles. The lowest BCUT2D eigenvalue weighted by Crippen LogP contribution is -2.20. The van der Waals surface area contributed by atoms with Crippen LogP contribution in [0.2, 0.25) is 0 Å². The quantitative estimate of drug-likeness (QED) is 0.0782. The smallest absolute Gasteiger partial charge is 0.336 e. The lowest BCUT2D eigenvalue weighted by Gasteiger charge is -2.31. The second-order valence-corrected chi connectivity index (χ2v) is 16.9. The third kappa shape index (κ3) is 18.7. The molecular formula is C32H58NO8PS. The van der Waals surface area contributed by atoms with E-state index in [0.29, 0.717) is 35.9 Å². The van der Waals surface area contributed by atoms with E-state index in [1.165, 1.54) is 18.9 Å². The summed E-state index contributed by atoms with van der Waals surface area (Å²) < 4.78 is 19.2. The molecule has 1 aliphatic rings. The molecule has 0 bridgehead atoms. The number of rotatable bonds is 13. The fraction of sp³-hybridized carbons (Fsp3) is 0.688. The molecule has 0 aliphatic heterocycles. The van der Waals surface area contributed by atoms with Gasteiger partial charge in [-0.2, -0.15) is 0 Å². The van der Waals surface area contributed by atoms with Crippen molar-refractivity contribution < 1.29 is 38.4 Å². The van der Waals surface area contributed by atoms with Gasteiger partial charge in [0.05, 0.1) is 20.9 Å². The molecule has 2 rings (SSSR count). The first kappa shape index (κ1) is 41.3. The van der Waals surface area contributed by atoms with Crippen LogP contribution in [0.4, 0.5) is 0 Å². The highest BCUT2D eigenvalue weighted by molar-refractivity contribution is 7.95. The zero-order chi connectivity index (χ0) is 33.5. The van der Waals surface area contributed by atoms with Gasteiger partial charge in [-0.25, -0.2) is 13.8 Å². The van der Waals surface area contributed by atoms with Crippen LogP contribution in [0.5, 0.6) is 0 Å². The van der Waals surface area contributed by atoms with Crippen molar-refractivity contribution in [2.24, 2.45) is 23.7 Å². The Hall–Kier alpha value is -1.68. The van der Waals surface area contributed by atoms with E-state index in [1.807, 2.05) is 34.6 Å². The number of carboxylic acid groups (broad SMARTS) is 2. The fourth-order valence-electron chi connectivity index (χ4n) is 5.11. The lowest BCUT2D eigenvalue weighted by atomic mass is 9.77. The monoisotopic (exact) mass is 647 g/mol. The predicted octanol–water partition coefficient (Wildman–Crippen LogP) is 6.64. The van der Waals surface area contributed by atoms with Crippen LogP contribution in [0.3, 0.4) is 0 Å². The second kappa shape index (κ2) is 19.7. The third-order valence-electron chi connectivity index (χ3n) is 7.46. The standard InChI is InChI=1S/C15H21NO4.C11H23O2P.C6H14O2S/c1-4-5-16-8-11-6-10(14(17)18)7-12(15(19)20)13(11)9(2)3;1-9(2)11-6-4-10(5-7-11)8-14(3,12)13;1-6(2)4-5-9(3,7)8/h6-7,9,16H,4-5,8H2,1-3H3,(H,17,18)(H,19,20);9-13H,3-8H2,1-2H3;6H,3-5H2,1-2H3,(H,7,8). The van der Waals surface area contributed by atoms with Crippen molar-refractivity contribution >= 4 is 41.3 Å². The molecule has 1 saturated carbocycles. The normalized spacial score (nSPS) is 18.3. The summed E-state index contributed by atoms with van der Waals surface area (Å²) in [5.41, 5.74) is 1.53. The van der Waals surface area contributed by atoms with Gasteiger partial charge in [-0.3, -0.25) is 0 Å². The minimum atomic E-state index is -2.78. The molecule has 11 heteroatoms. The SMILES string of the molecule is C=P(O)(O)CC1CCC(C(C)C)CC1.C=S(=O)(O)CCC(C)C.CCCNCc1cc(C(=O)O)cc(C(=O)O)c1C(C)C. The first-order valence-corrected chi connectivity index (χ1v) is 19.2. The number of carbonyl (C=O) groups is 2. The van der Waals surface area contributed by atoms with Gasteiger partial charge in [0.15, 0.2) is 0 Å². The molecule has 9 nitrogen and oxygen atoms in total. The van der Waals surface area contributed by atoms with Gasteiger partial charge in [0.2, 0.25) is 0 Å². The molecule has 1 fully saturated rings. The van der Waals surface area contributed by atoms with E-state index in [0.717, 1.165) is 49.6 Å². The first-order valence-electron chi connectivity index (χ1n) is 15.3. The maximum absolute atomic E-state index is 11.4. The highest BCUT2D eigenvalue weighted by Gasteiger charge is 2.25. The predicted molar refractivity (Wildman–Crippen MR) is 182 cm³/mol. The van der Waals surface area contributed by atoms with Gasteiger partial charge in [-0.1, -0.05) is 54.8 Å². The van der Waals surface area contributed by atoms with Crippen molar-refractivity contribution in [1.29, 1.82) is 0 Å². The molecule has 1 aromatic rings. The maximum Gasteiger partial charge on any atom is 0.336 e. The number of nitrogens with one attached hydrogen (secondary N) is 1. The number of aromatic carboxylic acids is 2. The minimum absolute atomic E-state index is 0.0140. The highest BCUT2D eigenvalue weighted by atomic mass is 32.2. The van der Waals surface area contributed by atoms with Crippen LogP contribution in [0.1, 0.15) is 125 Å². The van der Waals surface area contributed by atoms with Crippen molar-refractivity contribution in [2.45, 2.75) is 99.5 Å². The minimum Gasteiger partial charge on any atom is -0.478 e. The molecule has 0 spiro atoms. The van der Waals surface area contributed by atoms with E-state index in [4.69, 9.17) is 9.66 Å². The van der Waals surface area contributed by atoms with Crippen LogP contribution in [-0.4, -0.2) is 71.3 Å². The van der Waals surface area contributed by atoms with Gasteiger partial charge in [-0.15, -0.1) is 0 Å². The summed E-state index contributed by atoms with van der Waals surface area (Å²) >= 11 is 0. The molecule has 1 aromatic carbocycles. The third-order valence-corrected chi connectivity index (χ3v) is 9.44. The summed E-state index contributed by atoms with van der Waals surface area (Å²) in [5.74, 6) is 3.88. The van der Waals surface area contributed by atoms with Crippen molar-refractivity contribution in [2.75, 3.05) is 18.5 Å². The van der Waals surface area contributed by atoms with E-state index < -0.39 is 29.1 Å². The molecule has 1 atom stereocenters. The van der Waals surface area contributed by atoms with Crippen molar-refractivity contribution in [3.8, 4) is 0 Å². The van der Waals surface area contributed by atoms with E-state index in [1.54, 1.807) is 6.07 Å². The van der Waals surface area contributed by atoms with Crippen LogP contribution >= 0.6 is 7.34 Å². The van der Waals surface area contributed by atoms with Crippen molar-refractivity contribution in [1.82, 2.24) is 5.32 Å². The Labute approximate surface area is 260 Å². The molecule has 43 heavy (non-hydrogen) atoms. The van der Waals surface area contributed by atoms with Gasteiger partial charge in [0, 0.05) is 18.5 Å². The molecule has 1 aliphatic carbocycles. The van der Waals surface area contributed by atoms with E-state index in [2.05, 4.69) is 31.3 Å². The Bertz CT molecular complexity index is 1150. The van der Waals surface area contributed by atoms with E-state index >= 15 is 0 Å². The Morgan fingerprint density at radius 3 is 1.93 bits per heavy atom. The Morgan fingerprint density at radius 2 is 1.58 bits per heavy atom.